The Morgan fingerprint density at radius 3 is 2.74 bits per heavy atom. The SMILES string of the molecule is Cc1cnc(CNS(=O)(=O)c2cc(Br)ccc2C)o1. The van der Waals surface area contributed by atoms with Gasteiger partial charge in [0.15, 0.2) is 0 Å². The third-order valence-electron chi connectivity index (χ3n) is 2.52. The van der Waals surface area contributed by atoms with E-state index in [1.165, 1.54) is 0 Å². The van der Waals surface area contributed by atoms with Crippen molar-refractivity contribution < 1.29 is 12.8 Å². The number of rotatable bonds is 4. The summed E-state index contributed by atoms with van der Waals surface area (Å²) < 4.78 is 32.8. The number of oxazole rings is 1. The second-order valence-electron chi connectivity index (χ2n) is 4.10. The Bertz CT molecular complexity index is 695. The summed E-state index contributed by atoms with van der Waals surface area (Å²) in [5.74, 6) is 0.988. The molecule has 0 aliphatic carbocycles. The molecule has 0 atom stereocenters. The van der Waals surface area contributed by atoms with Crippen molar-refractivity contribution in [2.45, 2.75) is 25.3 Å². The van der Waals surface area contributed by atoms with Crippen LogP contribution in [0.15, 0.2) is 38.2 Å². The Labute approximate surface area is 120 Å². The topological polar surface area (TPSA) is 72.2 Å². The molecule has 0 aliphatic rings. The van der Waals surface area contributed by atoms with Crippen molar-refractivity contribution in [2.75, 3.05) is 0 Å². The molecular weight excluding hydrogens is 332 g/mol. The van der Waals surface area contributed by atoms with Gasteiger partial charge in [-0.25, -0.2) is 18.1 Å². The fourth-order valence-corrected chi connectivity index (χ4v) is 3.34. The van der Waals surface area contributed by atoms with Crippen LogP contribution in [0.1, 0.15) is 17.2 Å². The van der Waals surface area contributed by atoms with Gasteiger partial charge in [0.05, 0.1) is 17.6 Å². The third kappa shape index (κ3) is 3.43. The van der Waals surface area contributed by atoms with Gasteiger partial charge in [0.1, 0.15) is 5.76 Å². The number of halogens is 1. The number of sulfonamides is 1. The first kappa shape index (κ1) is 14.2. The molecule has 0 saturated carbocycles. The third-order valence-corrected chi connectivity index (χ3v) is 4.56. The Morgan fingerprint density at radius 1 is 1.37 bits per heavy atom. The molecule has 2 rings (SSSR count). The quantitative estimate of drug-likeness (QED) is 0.924. The summed E-state index contributed by atoms with van der Waals surface area (Å²) in [7, 11) is -3.58. The molecular formula is C12H13BrN2O3S. The van der Waals surface area contributed by atoms with Crippen LogP contribution in [0.3, 0.4) is 0 Å². The van der Waals surface area contributed by atoms with E-state index >= 15 is 0 Å². The van der Waals surface area contributed by atoms with Gasteiger partial charge < -0.3 is 4.42 Å². The fraction of sp³-hybridized carbons (Fsp3) is 0.250. The maximum Gasteiger partial charge on any atom is 0.241 e. The summed E-state index contributed by atoms with van der Waals surface area (Å²) >= 11 is 3.27. The number of aromatic nitrogens is 1. The van der Waals surface area contributed by atoms with Crippen LogP contribution in [0.2, 0.25) is 0 Å². The highest BCUT2D eigenvalue weighted by molar-refractivity contribution is 9.10. The lowest BCUT2D eigenvalue weighted by Crippen LogP contribution is -2.24. The van der Waals surface area contributed by atoms with Crippen molar-refractivity contribution in [3.8, 4) is 0 Å². The van der Waals surface area contributed by atoms with Crippen molar-refractivity contribution in [3.05, 3.63) is 46.1 Å². The number of benzene rings is 1. The van der Waals surface area contributed by atoms with Gasteiger partial charge in [0, 0.05) is 4.47 Å². The van der Waals surface area contributed by atoms with Crippen LogP contribution in [0, 0.1) is 13.8 Å². The minimum atomic E-state index is -3.58. The van der Waals surface area contributed by atoms with Gasteiger partial charge in [-0.1, -0.05) is 22.0 Å². The van der Waals surface area contributed by atoms with Gasteiger partial charge in [-0.2, -0.15) is 0 Å². The highest BCUT2D eigenvalue weighted by Gasteiger charge is 2.17. The molecule has 0 spiro atoms. The second-order valence-corrected chi connectivity index (χ2v) is 6.75. The molecule has 5 nitrogen and oxygen atoms in total. The smallest absolute Gasteiger partial charge is 0.241 e. The fourth-order valence-electron chi connectivity index (χ4n) is 1.58. The van der Waals surface area contributed by atoms with Gasteiger partial charge in [-0.05, 0) is 31.5 Å². The predicted molar refractivity (Wildman–Crippen MR) is 74.1 cm³/mol. The van der Waals surface area contributed by atoms with Crippen LogP contribution >= 0.6 is 15.9 Å². The first-order valence-corrected chi connectivity index (χ1v) is 7.83. The maximum absolute atomic E-state index is 12.2. The van der Waals surface area contributed by atoms with Gasteiger partial charge in [-0.3, -0.25) is 0 Å². The lowest BCUT2D eigenvalue weighted by molar-refractivity contribution is 0.463. The molecule has 0 fully saturated rings. The van der Waals surface area contributed by atoms with E-state index in [1.807, 2.05) is 0 Å². The molecule has 1 aromatic carbocycles. The average Bonchev–Trinajstić information content (AvgIpc) is 2.76. The molecule has 1 aromatic heterocycles. The molecule has 0 aliphatic heterocycles. The van der Waals surface area contributed by atoms with Gasteiger partial charge in [0.25, 0.3) is 0 Å². The molecule has 1 heterocycles. The number of nitrogens with one attached hydrogen (secondary N) is 1. The van der Waals surface area contributed by atoms with Crippen molar-refractivity contribution in [3.63, 3.8) is 0 Å². The van der Waals surface area contributed by atoms with Crippen molar-refractivity contribution in [1.82, 2.24) is 9.71 Å². The van der Waals surface area contributed by atoms with Gasteiger partial charge in [0.2, 0.25) is 15.9 Å². The number of hydrogen-bond acceptors (Lipinski definition) is 4. The Balaban J connectivity index is 2.20. The van der Waals surface area contributed by atoms with E-state index in [4.69, 9.17) is 4.42 Å². The van der Waals surface area contributed by atoms with Crippen molar-refractivity contribution in [2.24, 2.45) is 0 Å². The molecule has 0 amide bonds. The summed E-state index contributed by atoms with van der Waals surface area (Å²) in [5.41, 5.74) is 0.680. The first-order chi connectivity index (χ1) is 8.88. The van der Waals surface area contributed by atoms with E-state index in [-0.39, 0.29) is 11.4 Å². The number of nitrogens with zero attached hydrogens (tertiary/aromatic N) is 1. The molecule has 0 bridgehead atoms. The minimum Gasteiger partial charge on any atom is -0.445 e. The molecule has 19 heavy (non-hydrogen) atoms. The zero-order valence-corrected chi connectivity index (χ0v) is 12.9. The molecule has 0 unspecified atom stereocenters. The van der Waals surface area contributed by atoms with E-state index in [1.54, 1.807) is 38.2 Å². The van der Waals surface area contributed by atoms with Crippen LogP contribution in [0.5, 0.6) is 0 Å². The standard InChI is InChI=1S/C12H13BrN2O3S/c1-8-3-4-10(13)5-11(8)19(16,17)15-7-12-14-6-9(2)18-12/h3-6,15H,7H2,1-2H3. The molecule has 0 radical (unpaired) electrons. The molecule has 2 aromatic rings. The zero-order chi connectivity index (χ0) is 14.0. The maximum atomic E-state index is 12.2. The van der Waals surface area contributed by atoms with Gasteiger partial charge in [-0.15, -0.1) is 0 Å². The summed E-state index contributed by atoms with van der Waals surface area (Å²) in [6, 6.07) is 5.11. The van der Waals surface area contributed by atoms with Crippen LogP contribution in [0.25, 0.3) is 0 Å². The monoisotopic (exact) mass is 344 g/mol. The molecule has 102 valence electrons. The summed E-state index contributed by atoms with van der Waals surface area (Å²) in [6.07, 6.45) is 1.55. The highest BCUT2D eigenvalue weighted by atomic mass is 79.9. The summed E-state index contributed by atoms with van der Waals surface area (Å²) in [5, 5.41) is 0. The van der Waals surface area contributed by atoms with Crippen LogP contribution < -0.4 is 4.72 Å². The molecule has 7 heteroatoms. The Hall–Kier alpha value is -1.18. The predicted octanol–water partition coefficient (Wildman–Crippen LogP) is 2.53. The summed E-state index contributed by atoms with van der Waals surface area (Å²) in [6.45, 7) is 3.53. The Kier molecular flexibility index (Phi) is 4.07. The summed E-state index contributed by atoms with van der Waals surface area (Å²) in [4.78, 5) is 4.19. The van der Waals surface area contributed by atoms with E-state index in [0.717, 1.165) is 0 Å². The van der Waals surface area contributed by atoms with Gasteiger partial charge >= 0.3 is 0 Å². The van der Waals surface area contributed by atoms with Crippen molar-refractivity contribution in [1.29, 1.82) is 0 Å². The van der Waals surface area contributed by atoms with E-state index < -0.39 is 10.0 Å². The van der Waals surface area contributed by atoms with Crippen LogP contribution in [-0.4, -0.2) is 13.4 Å². The largest absolute Gasteiger partial charge is 0.445 e. The molecule has 0 saturated heterocycles. The number of hydrogen-bond donors (Lipinski definition) is 1. The van der Waals surface area contributed by atoms with E-state index in [0.29, 0.717) is 21.7 Å². The van der Waals surface area contributed by atoms with Crippen molar-refractivity contribution >= 4 is 26.0 Å². The minimum absolute atomic E-state index is 0.0299. The van der Waals surface area contributed by atoms with E-state index in [9.17, 15) is 8.42 Å². The highest BCUT2D eigenvalue weighted by Crippen LogP contribution is 2.20. The number of aryl methyl sites for hydroxylation is 2. The lowest BCUT2D eigenvalue weighted by atomic mass is 10.2. The van der Waals surface area contributed by atoms with Crippen LogP contribution in [-0.2, 0) is 16.6 Å². The van der Waals surface area contributed by atoms with Crippen LogP contribution in [0.4, 0.5) is 0 Å². The normalized spacial score (nSPS) is 11.7. The zero-order valence-electron chi connectivity index (χ0n) is 10.5. The lowest BCUT2D eigenvalue weighted by Gasteiger charge is -2.08. The van der Waals surface area contributed by atoms with E-state index in [2.05, 4.69) is 25.6 Å². The first-order valence-electron chi connectivity index (χ1n) is 5.55. The second kappa shape index (κ2) is 5.44. The average molecular weight is 345 g/mol. The Morgan fingerprint density at radius 2 is 2.11 bits per heavy atom. The molecule has 1 N–H and O–H groups in total.